The molecule has 1 heterocycles. The fourth-order valence-corrected chi connectivity index (χ4v) is 2.18. The number of methoxy groups -OCH3 is 1. The fraction of sp³-hybridized carbons (Fsp3) is 0.385. The summed E-state index contributed by atoms with van der Waals surface area (Å²) in [6, 6.07) is 4.76. The number of nitrogens with zero attached hydrogens (tertiary/aromatic N) is 1. The highest BCUT2D eigenvalue weighted by molar-refractivity contribution is 6.32. The van der Waals surface area contributed by atoms with E-state index in [0.29, 0.717) is 22.3 Å². The second-order valence-electron chi connectivity index (χ2n) is 4.52. The molecule has 0 aromatic heterocycles. The van der Waals surface area contributed by atoms with Crippen molar-refractivity contribution in [1.29, 1.82) is 0 Å². The first-order valence-electron chi connectivity index (χ1n) is 6.00. The van der Waals surface area contributed by atoms with Crippen molar-refractivity contribution in [3.8, 4) is 5.75 Å². The van der Waals surface area contributed by atoms with Gasteiger partial charge in [-0.25, -0.2) is 4.99 Å². The molecular formula is C13H16ClN3O2. The highest BCUT2D eigenvalue weighted by Crippen LogP contribution is 2.35. The van der Waals surface area contributed by atoms with E-state index >= 15 is 0 Å². The van der Waals surface area contributed by atoms with E-state index < -0.39 is 6.04 Å². The molecular weight excluding hydrogens is 266 g/mol. The summed E-state index contributed by atoms with van der Waals surface area (Å²) in [4.78, 5) is 16.3. The van der Waals surface area contributed by atoms with Crippen molar-refractivity contribution < 1.29 is 9.53 Å². The maximum atomic E-state index is 12.0. The molecule has 6 heteroatoms. The van der Waals surface area contributed by atoms with E-state index in [1.165, 1.54) is 0 Å². The molecule has 2 rings (SSSR count). The Bertz CT molecular complexity index is 529. The summed E-state index contributed by atoms with van der Waals surface area (Å²) >= 11 is 6.16. The number of ether oxygens (including phenoxy) is 1. The molecule has 0 saturated heterocycles. The Morgan fingerprint density at radius 1 is 1.47 bits per heavy atom. The van der Waals surface area contributed by atoms with E-state index in [4.69, 9.17) is 16.3 Å². The highest BCUT2D eigenvalue weighted by atomic mass is 35.5. The van der Waals surface area contributed by atoms with Crippen LogP contribution in [0.3, 0.4) is 0 Å². The molecule has 5 nitrogen and oxygen atoms in total. The van der Waals surface area contributed by atoms with E-state index in [9.17, 15) is 4.79 Å². The number of halogens is 1. The van der Waals surface area contributed by atoms with Crippen LogP contribution in [0.5, 0.6) is 5.75 Å². The lowest BCUT2D eigenvalue weighted by molar-refractivity contribution is -0.120. The first-order chi connectivity index (χ1) is 9.02. The van der Waals surface area contributed by atoms with Crippen LogP contribution in [0.4, 0.5) is 0 Å². The molecule has 0 saturated carbocycles. The maximum absolute atomic E-state index is 12.0. The van der Waals surface area contributed by atoms with Gasteiger partial charge in [-0.2, -0.15) is 0 Å². The molecule has 1 unspecified atom stereocenters. The van der Waals surface area contributed by atoms with Crippen LogP contribution in [0.15, 0.2) is 23.2 Å². The second kappa shape index (κ2) is 5.48. The van der Waals surface area contributed by atoms with Crippen molar-refractivity contribution in [2.45, 2.75) is 25.9 Å². The van der Waals surface area contributed by atoms with Gasteiger partial charge >= 0.3 is 0 Å². The Morgan fingerprint density at radius 2 is 2.21 bits per heavy atom. The third kappa shape index (κ3) is 2.81. The number of hydrogen-bond acceptors (Lipinski definition) is 4. The smallest absolute Gasteiger partial charge is 0.256 e. The average molecular weight is 282 g/mol. The molecule has 0 radical (unpaired) electrons. The van der Waals surface area contributed by atoms with E-state index in [0.717, 1.165) is 0 Å². The lowest BCUT2D eigenvalue weighted by Gasteiger charge is -2.12. The van der Waals surface area contributed by atoms with Crippen molar-refractivity contribution in [2.75, 3.05) is 7.11 Å². The van der Waals surface area contributed by atoms with Crippen LogP contribution in [0.25, 0.3) is 0 Å². The van der Waals surface area contributed by atoms with Gasteiger partial charge in [-0.15, -0.1) is 0 Å². The Kier molecular flexibility index (Phi) is 3.95. The van der Waals surface area contributed by atoms with Gasteiger partial charge in [0.2, 0.25) is 0 Å². The van der Waals surface area contributed by atoms with Crippen LogP contribution in [-0.2, 0) is 4.79 Å². The molecule has 2 N–H and O–H groups in total. The van der Waals surface area contributed by atoms with Crippen LogP contribution in [0.1, 0.15) is 25.5 Å². The molecule has 0 bridgehead atoms. The minimum absolute atomic E-state index is 0.186. The zero-order valence-electron chi connectivity index (χ0n) is 11.0. The number of guanidine groups is 1. The molecule has 1 aromatic rings. The van der Waals surface area contributed by atoms with Gasteiger partial charge in [-0.3, -0.25) is 10.1 Å². The van der Waals surface area contributed by atoms with Gasteiger partial charge in [0.05, 0.1) is 12.1 Å². The average Bonchev–Trinajstić information content (AvgIpc) is 2.68. The standard InChI is InChI=1S/C13H16ClN3O2/c1-7(2)15-13-16-11(12(18)17-13)10-8(14)5-4-6-9(10)19-3/h4-7,11H,1-3H3,(H2,15,16,17,18). The third-order valence-electron chi connectivity index (χ3n) is 2.68. The SMILES string of the molecule is COc1cccc(Cl)c1C1N=C(NC(C)C)NC1=O. The van der Waals surface area contributed by atoms with Gasteiger partial charge in [-0.05, 0) is 26.0 Å². The highest BCUT2D eigenvalue weighted by Gasteiger charge is 2.32. The number of nitrogens with one attached hydrogen (secondary N) is 2. The Labute approximate surface area is 117 Å². The van der Waals surface area contributed by atoms with E-state index in [1.807, 2.05) is 13.8 Å². The first kappa shape index (κ1) is 13.7. The fourth-order valence-electron chi connectivity index (χ4n) is 1.91. The minimum Gasteiger partial charge on any atom is -0.496 e. The molecule has 1 amide bonds. The monoisotopic (exact) mass is 281 g/mol. The zero-order chi connectivity index (χ0) is 14.0. The summed E-state index contributed by atoms with van der Waals surface area (Å²) in [5, 5.41) is 6.23. The normalized spacial score (nSPS) is 18.3. The molecule has 0 fully saturated rings. The largest absolute Gasteiger partial charge is 0.496 e. The molecule has 1 aromatic carbocycles. The summed E-state index contributed by atoms with van der Waals surface area (Å²) in [7, 11) is 1.54. The number of benzene rings is 1. The van der Waals surface area contributed by atoms with Crippen LogP contribution in [-0.4, -0.2) is 25.0 Å². The summed E-state index contributed by atoms with van der Waals surface area (Å²) in [5.41, 5.74) is 0.588. The molecule has 0 aliphatic carbocycles. The molecule has 1 aliphatic heterocycles. The summed E-state index contributed by atoms with van der Waals surface area (Å²) in [5.74, 6) is 0.809. The number of hydrogen-bond donors (Lipinski definition) is 2. The molecule has 102 valence electrons. The van der Waals surface area contributed by atoms with E-state index in [-0.39, 0.29) is 11.9 Å². The van der Waals surface area contributed by atoms with Crippen molar-refractivity contribution >= 4 is 23.5 Å². The van der Waals surface area contributed by atoms with Crippen LogP contribution in [0.2, 0.25) is 5.02 Å². The van der Waals surface area contributed by atoms with Crippen LogP contribution >= 0.6 is 11.6 Å². The van der Waals surface area contributed by atoms with Crippen LogP contribution in [0, 0.1) is 0 Å². The van der Waals surface area contributed by atoms with E-state index in [1.54, 1.807) is 25.3 Å². The number of carbonyl (C=O) groups excluding carboxylic acids is 1. The van der Waals surface area contributed by atoms with Crippen molar-refractivity contribution in [3.63, 3.8) is 0 Å². The summed E-state index contributed by atoms with van der Waals surface area (Å²) in [6.07, 6.45) is 0. The van der Waals surface area contributed by atoms with Gasteiger partial charge in [0.1, 0.15) is 5.75 Å². The number of amides is 1. The topological polar surface area (TPSA) is 62.7 Å². The van der Waals surface area contributed by atoms with Gasteiger partial charge in [-0.1, -0.05) is 17.7 Å². The minimum atomic E-state index is -0.676. The van der Waals surface area contributed by atoms with Crippen molar-refractivity contribution in [3.05, 3.63) is 28.8 Å². The van der Waals surface area contributed by atoms with Gasteiger partial charge in [0, 0.05) is 11.6 Å². The number of aliphatic imine (C=N–C) groups is 1. The molecule has 1 atom stereocenters. The summed E-state index contributed by atoms with van der Waals surface area (Å²) in [6.45, 7) is 3.94. The van der Waals surface area contributed by atoms with Crippen molar-refractivity contribution in [2.24, 2.45) is 4.99 Å². The molecule has 1 aliphatic rings. The Morgan fingerprint density at radius 3 is 2.84 bits per heavy atom. The lowest BCUT2D eigenvalue weighted by atomic mass is 10.1. The lowest BCUT2D eigenvalue weighted by Crippen LogP contribution is -2.40. The van der Waals surface area contributed by atoms with Crippen molar-refractivity contribution in [1.82, 2.24) is 10.6 Å². The zero-order valence-corrected chi connectivity index (χ0v) is 11.8. The summed E-state index contributed by atoms with van der Waals surface area (Å²) < 4.78 is 5.25. The van der Waals surface area contributed by atoms with Crippen LogP contribution < -0.4 is 15.4 Å². The Balaban J connectivity index is 2.36. The Hall–Kier alpha value is -1.75. The van der Waals surface area contributed by atoms with E-state index in [2.05, 4.69) is 15.6 Å². The first-order valence-corrected chi connectivity index (χ1v) is 6.38. The maximum Gasteiger partial charge on any atom is 0.256 e. The molecule has 0 spiro atoms. The molecule has 19 heavy (non-hydrogen) atoms. The second-order valence-corrected chi connectivity index (χ2v) is 4.93. The van der Waals surface area contributed by atoms with Gasteiger partial charge in [0.15, 0.2) is 12.0 Å². The third-order valence-corrected chi connectivity index (χ3v) is 3.01. The van der Waals surface area contributed by atoms with Gasteiger partial charge in [0.25, 0.3) is 5.91 Å². The van der Waals surface area contributed by atoms with Gasteiger partial charge < -0.3 is 10.1 Å². The predicted octanol–water partition coefficient (Wildman–Crippen LogP) is 1.87. The number of carbonyl (C=O) groups is 1. The predicted molar refractivity (Wildman–Crippen MR) is 74.6 cm³/mol. The quantitative estimate of drug-likeness (QED) is 0.889. The number of rotatable bonds is 3.